The predicted molar refractivity (Wildman–Crippen MR) is 95.3 cm³/mol. The topological polar surface area (TPSA) is 0 Å². The highest BCUT2D eigenvalue weighted by molar-refractivity contribution is 5.71. The molecular formula is C22H19F3. The molecule has 0 nitrogen and oxygen atoms in total. The molecule has 3 heteroatoms. The number of halogens is 3. The third-order valence-corrected chi connectivity index (χ3v) is 5.52. The number of fused-ring (bicyclic) bond motifs is 2. The SMILES string of the molecule is CC1=Cc2ccccc2C1CC1C(C)=Cc2c1cccc2C(F)(F)F. The lowest BCUT2D eigenvalue weighted by Crippen LogP contribution is -2.10. The molecular weight excluding hydrogens is 321 g/mol. The minimum Gasteiger partial charge on any atom is -0.166 e. The molecule has 0 N–H and O–H groups in total. The van der Waals surface area contributed by atoms with E-state index in [2.05, 4.69) is 25.1 Å². The lowest BCUT2D eigenvalue weighted by Gasteiger charge is -2.22. The second kappa shape index (κ2) is 5.62. The Hall–Kier alpha value is -2.29. The van der Waals surface area contributed by atoms with E-state index in [4.69, 9.17) is 0 Å². The van der Waals surface area contributed by atoms with Crippen LogP contribution in [0.3, 0.4) is 0 Å². The molecule has 2 aliphatic rings. The Balaban J connectivity index is 1.72. The van der Waals surface area contributed by atoms with Gasteiger partial charge in [0.2, 0.25) is 0 Å². The molecule has 2 atom stereocenters. The number of allylic oxidation sites excluding steroid dienone is 2. The van der Waals surface area contributed by atoms with Crippen molar-refractivity contribution in [2.75, 3.05) is 0 Å². The number of alkyl halides is 3. The minimum absolute atomic E-state index is 0.0387. The maximum atomic E-state index is 13.3. The molecule has 2 unspecified atom stereocenters. The molecule has 0 bridgehead atoms. The fourth-order valence-corrected chi connectivity index (χ4v) is 4.28. The summed E-state index contributed by atoms with van der Waals surface area (Å²) in [5.41, 5.74) is 5.46. The van der Waals surface area contributed by atoms with Crippen LogP contribution in [0.5, 0.6) is 0 Å². The van der Waals surface area contributed by atoms with Gasteiger partial charge in [-0.1, -0.05) is 59.7 Å². The van der Waals surface area contributed by atoms with Gasteiger partial charge in [0, 0.05) is 11.8 Å². The molecule has 0 radical (unpaired) electrons. The number of hydrogen-bond donors (Lipinski definition) is 0. The van der Waals surface area contributed by atoms with Gasteiger partial charge in [0.1, 0.15) is 0 Å². The van der Waals surface area contributed by atoms with Gasteiger partial charge in [-0.3, -0.25) is 0 Å². The first-order valence-electron chi connectivity index (χ1n) is 8.51. The molecule has 0 fully saturated rings. The summed E-state index contributed by atoms with van der Waals surface area (Å²) < 4.78 is 40.0. The summed E-state index contributed by atoms with van der Waals surface area (Å²) in [4.78, 5) is 0. The zero-order chi connectivity index (χ0) is 17.8. The first-order valence-corrected chi connectivity index (χ1v) is 8.51. The molecule has 4 rings (SSSR count). The highest BCUT2D eigenvalue weighted by Crippen LogP contribution is 2.49. The third kappa shape index (κ3) is 2.62. The molecule has 0 aliphatic heterocycles. The van der Waals surface area contributed by atoms with Crippen molar-refractivity contribution < 1.29 is 13.2 Å². The Morgan fingerprint density at radius 2 is 1.44 bits per heavy atom. The molecule has 2 aromatic carbocycles. The highest BCUT2D eigenvalue weighted by Gasteiger charge is 2.37. The van der Waals surface area contributed by atoms with Gasteiger partial charge in [-0.15, -0.1) is 0 Å². The van der Waals surface area contributed by atoms with Gasteiger partial charge in [0.05, 0.1) is 5.56 Å². The molecule has 0 heterocycles. The summed E-state index contributed by atoms with van der Waals surface area (Å²) in [6.07, 6.45) is 0.423. The largest absolute Gasteiger partial charge is 0.416 e. The van der Waals surface area contributed by atoms with E-state index in [1.807, 2.05) is 25.1 Å². The van der Waals surface area contributed by atoms with Gasteiger partial charge in [-0.05, 0) is 48.6 Å². The zero-order valence-electron chi connectivity index (χ0n) is 14.2. The predicted octanol–water partition coefficient (Wildman–Crippen LogP) is 6.80. The summed E-state index contributed by atoms with van der Waals surface area (Å²) in [6, 6.07) is 12.9. The van der Waals surface area contributed by atoms with Crippen molar-refractivity contribution in [2.24, 2.45) is 0 Å². The molecule has 0 aromatic heterocycles. The van der Waals surface area contributed by atoms with Crippen LogP contribution in [0.25, 0.3) is 12.2 Å². The van der Waals surface area contributed by atoms with Crippen LogP contribution in [-0.4, -0.2) is 0 Å². The Labute approximate surface area is 145 Å². The quantitative estimate of drug-likeness (QED) is 0.564. The minimum atomic E-state index is -4.31. The van der Waals surface area contributed by atoms with Gasteiger partial charge in [-0.2, -0.15) is 13.2 Å². The fraction of sp³-hybridized carbons (Fsp3) is 0.273. The van der Waals surface area contributed by atoms with E-state index >= 15 is 0 Å². The first kappa shape index (κ1) is 16.2. The average Bonchev–Trinajstić information content (AvgIpc) is 3.04. The molecule has 2 aromatic rings. The summed E-state index contributed by atoms with van der Waals surface area (Å²) in [5, 5.41) is 0. The molecule has 2 aliphatic carbocycles. The first-order chi connectivity index (χ1) is 11.9. The fourth-order valence-electron chi connectivity index (χ4n) is 4.28. The van der Waals surface area contributed by atoms with Crippen LogP contribution in [0.4, 0.5) is 13.2 Å². The lowest BCUT2D eigenvalue weighted by molar-refractivity contribution is -0.137. The van der Waals surface area contributed by atoms with Crippen molar-refractivity contribution in [3.63, 3.8) is 0 Å². The van der Waals surface area contributed by atoms with Gasteiger partial charge >= 0.3 is 6.18 Å². The Morgan fingerprint density at radius 3 is 2.20 bits per heavy atom. The Morgan fingerprint density at radius 1 is 0.800 bits per heavy atom. The van der Waals surface area contributed by atoms with Gasteiger partial charge in [-0.25, -0.2) is 0 Å². The third-order valence-electron chi connectivity index (χ3n) is 5.52. The van der Waals surface area contributed by atoms with Crippen LogP contribution in [0.15, 0.2) is 53.6 Å². The van der Waals surface area contributed by atoms with Crippen LogP contribution >= 0.6 is 0 Å². The van der Waals surface area contributed by atoms with Crippen molar-refractivity contribution >= 4 is 12.2 Å². The molecule has 0 amide bonds. The Kier molecular flexibility index (Phi) is 3.64. The van der Waals surface area contributed by atoms with E-state index in [1.54, 1.807) is 6.08 Å². The molecule has 0 spiro atoms. The molecule has 128 valence electrons. The standard InChI is InChI=1S/C22H19F3/c1-13-10-15-6-3-4-7-16(15)18(13)12-19-14(2)11-20-17(19)8-5-9-21(20)22(23,24)25/h3-11,18-19H,12H2,1-2H3. The second-order valence-electron chi connectivity index (χ2n) is 7.05. The van der Waals surface area contributed by atoms with E-state index < -0.39 is 11.7 Å². The van der Waals surface area contributed by atoms with Gasteiger partial charge in [0.15, 0.2) is 0 Å². The summed E-state index contributed by atoms with van der Waals surface area (Å²) >= 11 is 0. The zero-order valence-corrected chi connectivity index (χ0v) is 14.2. The number of hydrogen-bond acceptors (Lipinski definition) is 0. The van der Waals surface area contributed by atoms with E-state index in [0.29, 0.717) is 5.56 Å². The van der Waals surface area contributed by atoms with Crippen molar-refractivity contribution in [2.45, 2.75) is 38.3 Å². The molecule has 0 saturated carbocycles. The van der Waals surface area contributed by atoms with Crippen molar-refractivity contribution in [1.82, 2.24) is 0 Å². The van der Waals surface area contributed by atoms with E-state index in [9.17, 15) is 13.2 Å². The smallest absolute Gasteiger partial charge is 0.166 e. The van der Waals surface area contributed by atoms with Crippen LogP contribution in [-0.2, 0) is 6.18 Å². The number of rotatable bonds is 2. The van der Waals surface area contributed by atoms with E-state index in [0.717, 1.165) is 17.6 Å². The van der Waals surface area contributed by atoms with Crippen LogP contribution in [0.2, 0.25) is 0 Å². The maximum Gasteiger partial charge on any atom is 0.416 e. The Bertz CT molecular complexity index is 900. The van der Waals surface area contributed by atoms with Crippen LogP contribution in [0.1, 0.15) is 59.9 Å². The summed E-state index contributed by atoms with van der Waals surface area (Å²) in [5.74, 6) is 0.307. The monoisotopic (exact) mass is 340 g/mol. The van der Waals surface area contributed by atoms with Crippen molar-refractivity contribution in [3.8, 4) is 0 Å². The van der Waals surface area contributed by atoms with Crippen molar-refractivity contribution in [1.29, 1.82) is 0 Å². The number of benzene rings is 2. The summed E-state index contributed by atoms with van der Waals surface area (Å²) in [7, 11) is 0. The van der Waals surface area contributed by atoms with Crippen LogP contribution in [0, 0.1) is 0 Å². The lowest BCUT2D eigenvalue weighted by atomic mass is 9.82. The van der Waals surface area contributed by atoms with Crippen molar-refractivity contribution in [3.05, 3.63) is 81.4 Å². The highest BCUT2D eigenvalue weighted by atomic mass is 19.4. The van der Waals surface area contributed by atoms with E-state index in [-0.39, 0.29) is 11.8 Å². The van der Waals surface area contributed by atoms with Crippen LogP contribution < -0.4 is 0 Å². The van der Waals surface area contributed by atoms with E-state index in [1.165, 1.54) is 28.8 Å². The second-order valence-corrected chi connectivity index (χ2v) is 7.05. The molecule has 25 heavy (non-hydrogen) atoms. The average molecular weight is 340 g/mol. The maximum absolute atomic E-state index is 13.3. The normalized spacial score (nSPS) is 21.6. The van der Waals surface area contributed by atoms with Gasteiger partial charge in [0.25, 0.3) is 0 Å². The summed E-state index contributed by atoms with van der Waals surface area (Å²) in [6.45, 7) is 4.07. The molecule has 0 saturated heterocycles. The van der Waals surface area contributed by atoms with Gasteiger partial charge < -0.3 is 0 Å².